The van der Waals surface area contributed by atoms with E-state index in [2.05, 4.69) is 20.2 Å². The second kappa shape index (κ2) is 15.0. The van der Waals surface area contributed by atoms with Crippen molar-refractivity contribution in [3.8, 4) is 34.0 Å². The van der Waals surface area contributed by atoms with Crippen LogP contribution in [0.15, 0.2) is 73.1 Å². The maximum absolute atomic E-state index is 14.4. The van der Waals surface area contributed by atoms with Gasteiger partial charge >= 0.3 is 18.3 Å². The number of fused-ring (bicyclic) bond motifs is 1. The molecular weight excluding hydrogens is 667 g/mol. The summed E-state index contributed by atoms with van der Waals surface area (Å²) in [6.07, 6.45) is -7.30. The van der Waals surface area contributed by atoms with Crippen molar-refractivity contribution in [3.63, 3.8) is 0 Å². The summed E-state index contributed by atoms with van der Waals surface area (Å²) < 4.78 is 113. The van der Waals surface area contributed by atoms with E-state index in [1.807, 2.05) is 0 Å². The van der Waals surface area contributed by atoms with Gasteiger partial charge in [0.2, 0.25) is 0 Å². The van der Waals surface area contributed by atoms with Crippen LogP contribution in [-0.2, 0) is 31.4 Å². The zero-order valence-electron chi connectivity index (χ0n) is 25.2. The molecule has 17 heteroatoms. The summed E-state index contributed by atoms with van der Waals surface area (Å²) >= 11 is 0. The third kappa shape index (κ3) is 8.54. The molecule has 49 heavy (non-hydrogen) atoms. The van der Waals surface area contributed by atoms with Crippen molar-refractivity contribution in [1.82, 2.24) is 24.7 Å². The van der Waals surface area contributed by atoms with E-state index in [0.29, 0.717) is 17.8 Å². The molecule has 1 unspecified atom stereocenters. The normalized spacial score (nSPS) is 12.7. The number of alkyl halides is 6. The van der Waals surface area contributed by atoms with Gasteiger partial charge in [-0.3, -0.25) is 0 Å². The Balaban J connectivity index is 1.45. The number of aliphatic hydroxyl groups is 1. The predicted octanol–water partition coefficient (Wildman–Crippen LogP) is 5.84. The van der Waals surface area contributed by atoms with Gasteiger partial charge in [0.15, 0.2) is 11.9 Å². The molecule has 10 nitrogen and oxygen atoms in total. The Kier molecular flexibility index (Phi) is 10.8. The maximum Gasteiger partial charge on any atom is 0.417 e. The second-order valence-corrected chi connectivity index (χ2v) is 10.3. The molecule has 0 saturated heterocycles. The minimum Gasteiger partial charge on any atom is -0.461 e. The van der Waals surface area contributed by atoms with E-state index >= 15 is 0 Å². The number of halogens is 7. The lowest BCUT2D eigenvalue weighted by molar-refractivity contribution is -0.148. The van der Waals surface area contributed by atoms with Crippen LogP contribution in [-0.4, -0.2) is 75.4 Å². The number of imidazole rings is 1. The molecule has 0 fully saturated rings. The SMILES string of the molecule is O=C(OCCOCCOCCO)C(c1ccc(-c2ccc(C(F)(F)F)cc2C(F)(F)F)nn1)n1ccc2nc(-c3ccccc3F)nc-2c1. The molecular formula is C32H26F7N5O5. The van der Waals surface area contributed by atoms with Crippen molar-refractivity contribution in [2.75, 3.05) is 39.6 Å². The lowest BCUT2D eigenvalue weighted by Gasteiger charge is -2.20. The molecule has 2 aliphatic heterocycles. The summed E-state index contributed by atoms with van der Waals surface area (Å²) in [5.41, 5.74) is -3.43. The van der Waals surface area contributed by atoms with Crippen molar-refractivity contribution in [1.29, 1.82) is 0 Å². The highest BCUT2D eigenvalue weighted by atomic mass is 19.4. The fourth-order valence-corrected chi connectivity index (χ4v) is 4.72. The Morgan fingerprint density at radius 1 is 0.776 bits per heavy atom. The van der Waals surface area contributed by atoms with Crippen LogP contribution in [0.5, 0.6) is 0 Å². The van der Waals surface area contributed by atoms with Gasteiger partial charge < -0.3 is 23.9 Å². The van der Waals surface area contributed by atoms with Crippen molar-refractivity contribution in [2.45, 2.75) is 18.4 Å². The number of carbonyl (C=O) groups excluding carboxylic acids is 1. The number of ether oxygens (including phenoxy) is 3. The number of carbonyl (C=O) groups is 1. The average Bonchev–Trinajstić information content (AvgIpc) is 3.49. The van der Waals surface area contributed by atoms with E-state index in [0.717, 1.165) is 6.07 Å². The van der Waals surface area contributed by atoms with Gasteiger partial charge in [-0.15, -0.1) is 0 Å². The molecule has 0 spiro atoms. The Morgan fingerprint density at radius 2 is 1.49 bits per heavy atom. The highest BCUT2D eigenvalue weighted by molar-refractivity contribution is 5.78. The minimum absolute atomic E-state index is 0.00648. The molecule has 0 aliphatic carbocycles. The Labute approximate surface area is 273 Å². The quantitative estimate of drug-likeness (QED) is 0.0921. The zero-order valence-corrected chi connectivity index (χ0v) is 25.2. The topological polar surface area (TPSA) is 121 Å². The number of hydrogen-bond acceptors (Lipinski definition) is 9. The highest BCUT2D eigenvalue weighted by Gasteiger charge is 2.39. The minimum atomic E-state index is -5.15. The highest BCUT2D eigenvalue weighted by Crippen LogP contribution is 2.40. The molecule has 0 radical (unpaired) electrons. The van der Waals surface area contributed by atoms with Crippen LogP contribution < -0.4 is 0 Å². The van der Waals surface area contributed by atoms with Gasteiger partial charge in [-0.25, -0.2) is 19.2 Å². The monoisotopic (exact) mass is 693 g/mol. The van der Waals surface area contributed by atoms with Crippen molar-refractivity contribution < 1.29 is 54.8 Å². The van der Waals surface area contributed by atoms with E-state index in [4.69, 9.17) is 19.3 Å². The fraction of sp³-hybridized carbons (Fsp3) is 0.281. The largest absolute Gasteiger partial charge is 0.461 e. The van der Waals surface area contributed by atoms with E-state index in [1.165, 1.54) is 47.3 Å². The number of nitrogens with zero attached hydrogens (tertiary/aromatic N) is 5. The van der Waals surface area contributed by atoms with Crippen LogP contribution in [0.3, 0.4) is 0 Å². The zero-order chi connectivity index (χ0) is 35.2. The van der Waals surface area contributed by atoms with Crippen molar-refractivity contribution >= 4 is 5.97 Å². The smallest absolute Gasteiger partial charge is 0.417 e. The van der Waals surface area contributed by atoms with E-state index in [1.54, 1.807) is 6.07 Å². The predicted molar refractivity (Wildman–Crippen MR) is 157 cm³/mol. The summed E-state index contributed by atoms with van der Waals surface area (Å²) in [5.74, 6) is -1.33. The summed E-state index contributed by atoms with van der Waals surface area (Å²) in [6, 6.07) is 9.43. The number of rotatable bonds is 13. The molecule has 0 bridgehead atoms. The van der Waals surface area contributed by atoms with Crippen LogP contribution in [0.25, 0.3) is 34.0 Å². The lowest BCUT2D eigenvalue weighted by Crippen LogP contribution is -2.26. The number of benzene rings is 2. The molecule has 2 aromatic carbocycles. The summed E-state index contributed by atoms with van der Waals surface area (Å²) in [4.78, 5) is 22.2. The third-order valence-electron chi connectivity index (χ3n) is 7.00. The molecule has 258 valence electrons. The Bertz CT molecular complexity index is 1850. The molecule has 0 saturated carbocycles. The molecule has 2 aliphatic rings. The van der Waals surface area contributed by atoms with Crippen molar-refractivity contribution in [2.24, 2.45) is 0 Å². The van der Waals surface area contributed by atoms with Gasteiger partial charge in [-0.2, -0.15) is 36.5 Å². The molecule has 0 amide bonds. The molecule has 3 aromatic rings. The van der Waals surface area contributed by atoms with Gasteiger partial charge in [0.25, 0.3) is 0 Å². The third-order valence-corrected chi connectivity index (χ3v) is 7.00. The average molecular weight is 694 g/mol. The van der Waals surface area contributed by atoms with Crippen LogP contribution in [0, 0.1) is 5.82 Å². The van der Waals surface area contributed by atoms with E-state index < -0.39 is 52.6 Å². The van der Waals surface area contributed by atoms with Crippen LogP contribution in [0.1, 0.15) is 22.9 Å². The first-order chi connectivity index (χ1) is 23.4. The Morgan fingerprint density at radius 3 is 2.16 bits per heavy atom. The Hall–Kier alpha value is -5.00. The van der Waals surface area contributed by atoms with Gasteiger partial charge in [0, 0.05) is 18.0 Å². The fourth-order valence-electron chi connectivity index (χ4n) is 4.72. The van der Waals surface area contributed by atoms with E-state index in [-0.39, 0.29) is 68.5 Å². The first-order valence-electron chi connectivity index (χ1n) is 14.5. The first kappa shape index (κ1) is 35.3. The molecule has 1 aromatic heterocycles. The molecule has 1 atom stereocenters. The van der Waals surface area contributed by atoms with Gasteiger partial charge in [-0.05, 0) is 42.5 Å². The first-order valence-corrected chi connectivity index (χ1v) is 14.5. The van der Waals surface area contributed by atoms with Crippen LogP contribution >= 0.6 is 0 Å². The molecule has 3 heterocycles. The van der Waals surface area contributed by atoms with Gasteiger partial charge in [-0.1, -0.05) is 18.2 Å². The summed E-state index contributed by atoms with van der Waals surface area (Å²) in [6.45, 7) is 0.0957. The second-order valence-electron chi connectivity index (χ2n) is 10.3. The van der Waals surface area contributed by atoms with Gasteiger partial charge in [0.05, 0.1) is 66.8 Å². The van der Waals surface area contributed by atoms with Crippen LogP contribution in [0.2, 0.25) is 0 Å². The number of esters is 1. The molecule has 5 rings (SSSR count). The lowest BCUT2D eigenvalue weighted by atomic mass is 10.00. The molecule has 1 N–H and O–H groups in total. The standard InChI is InChI=1S/C32H26F7N5O5/c33-23-4-2-1-3-21(23)29-40-25-9-10-44(18-27(25)41-29)28(30(46)49-16-15-48-14-13-47-12-11-45)26-8-7-24(42-43-26)20-6-5-19(31(34,35)36)17-22(20)32(37,38)39/h1-10,17-18,28,45H,11-16H2. The van der Waals surface area contributed by atoms with Crippen molar-refractivity contribution in [3.05, 3.63) is 95.7 Å². The number of pyridine rings is 1. The number of aliphatic hydroxyl groups excluding tert-OH is 1. The van der Waals surface area contributed by atoms with E-state index in [9.17, 15) is 35.5 Å². The maximum atomic E-state index is 14.4. The number of aromatic nitrogens is 5. The number of hydrogen-bond donors (Lipinski definition) is 1. The summed E-state index contributed by atoms with van der Waals surface area (Å²) in [7, 11) is 0. The van der Waals surface area contributed by atoms with Crippen LogP contribution in [0.4, 0.5) is 30.7 Å². The summed E-state index contributed by atoms with van der Waals surface area (Å²) in [5, 5.41) is 16.5. The van der Waals surface area contributed by atoms with Gasteiger partial charge in [0.1, 0.15) is 18.1 Å².